The zero-order valence-electron chi connectivity index (χ0n) is 15.9. The summed E-state index contributed by atoms with van der Waals surface area (Å²) >= 11 is 1.10. The average molecular weight is 431 g/mol. The zero-order chi connectivity index (χ0) is 21.5. The molecule has 8 heteroatoms. The molecule has 2 aromatic carbocycles. The Kier molecular flexibility index (Phi) is 4.56. The number of carbonyl (C=O) groups is 2. The van der Waals surface area contributed by atoms with Crippen molar-refractivity contribution in [1.29, 1.82) is 0 Å². The molecule has 0 saturated carbocycles. The third kappa shape index (κ3) is 3.17. The van der Waals surface area contributed by atoms with Crippen molar-refractivity contribution < 1.29 is 19.1 Å². The Morgan fingerprint density at radius 3 is 2.52 bits per heavy atom. The van der Waals surface area contributed by atoms with Gasteiger partial charge in [0, 0.05) is 18.0 Å². The second-order valence-electron chi connectivity index (χ2n) is 6.92. The van der Waals surface area contributed by atoms with Gasteiger partial charge in [-0.15, -0.1) is 0 Å². The molecule has 4 aromatic rings. The molecule has 1 fully saturated rings. The van der Waals surface area contributed by atoms with Gasteiger partial charge in [-0.2, -0.15) is 0 Å². The lowest BCUT2D eigenvalue weighted by Crippen LogP contribution is -2.29. The van der Waals surface area contributed by atoms with E-state index in [1.54, 1.807) is 54.9 Å². The van der Waals surface area contributed by atoms with Crippen LogP contribution in [-0.2, 0) is 9.59 Å². The number of aliphatic hydroxyl groups is 1. The van der Waals surface area contributed by atoms with Gasteiger partial charge < -0.3 is 5.11 Å². The number of pyridine rings is 1. The van der Waals surface area contributed by atoms with Gasteiger partial charge in [-0.3, -0.25) is 19.5 Å². The van der Waals surface area contributed by atoms with Gasteiger partial charge in [-0.1, -0.05) is 41.7 Å². The van der Waals surface area contributed by atoms with Crippen molar-refractivity contribution in [2.24, 2.45) is 0 Å². The normalized spacial score (nSPS) is 18.1. The second kappa shape index (κ2) is 7.41. The van der Waals surface area contributed by atoms with E-state index in [9.17, 15) is 19.1 Å². The van der Waals surface area contributed by atoms with Gasteiger partial charge in [0.2, 0.25) is 0 Å². The Morgan fingerprint density at radius 1 is 1.03 bits per heavy atom. The van der Waals surface area contributed by atoms with E-state index < -0.39 is 23.5 Å². The first kappa shape index (κ1) is 19.1. The number of hydrogen-bond donors (Lipinski definition) is 1. The minimum absolute atomic E-state index is 0.0344. The molecule has 0 aliphatic carbocycles. The molecule has 2 aromatic heterocycles. The second-order valence-corrected chi connectivity index (χ2v) is 7.93. The van der Waals surface area contributed by atoms with Crippen molar-refractivity contribution >= 4 is 44.1 Å². The van der Waals surface area contributed by atoms with Crippen LogP contribution in [0.5, 0.6) is 0 Å². The quantitative estimate of drug-likeness (QED) is 0.294. The highest BCUT2D eigenvalue weighted by molar-refractivity contribution is 7.22. The van der Waals surface area contributed by atoms with Crippen LogP contribution in [0.15, 0.2) is 78.6 Å². The number of aromatic nitrogens is 2. The first-order chi connectivity index (χ1) is 15.0. The molecule has 1 saturated heterocycles. The number of Topliss-reactive ketones (excluding diaryl/α,β-unsaturated/α-hetero) is 1. The maximum Gasteiger partial charge on any atom is 0.301 e. The number of fused-ring (bicyclic) bond motifs is 1. The van der Waals surface area contributed by atoms with E-state index >= 15 is 0 Å². The van der Waals surface area contributed by atoms with Crippen molar-refractivity contribution in [2.45, 2.75) is 6.04 Å². The molecule has 1 unspecified atom stereocenters. The number of anilines is 1. The summed E-state index contributed by atoms with van der Waals surface area (Å²) in [6.45, 7) is 0. The number of amides is 1. The maximum atomic E-state index is 13.7. The lowest BCUT2D eigenvalue weighted by Gasteiger charge is -2.22. The molecule has 0 spiro atoms. The molecule has 1 atom stereocenters. The number of hydrogen-bond acceptors (Lipinski definition) is 6. The first-order valence-corrected chi connectivity index (χ1v) is 10.2. The third-order valence-corrected chi connectivity index (χ3v) is 6.08. The van der Waals surface area contributed by atoms with E-state index in [0.717, 1.165) is 11.3 Å². The molecule has 3 heterocycles. The topological polar surface area (TPSA) is 83.4 Å². The van der Waals surface area contributed by atoms with Gasteiger partial charge >= 0.3 is 5.91 Å². The molecule has 5 rings (SSSR count). The highest BCUT2D eigenvalue weighted by Gasteiger charge is 2.48. The number of benzene rings is 2. The Hall–Kier alpha value is -3.91. The number of rotatable bonds is 3. The summed E-state index contributed by atoms with van der Waals surface area (Å²) in [6, 6.07) is 15.2. The maximum absolute atomic E-state index is 13.7. The van der Waals surface area contributed by atoms with Gasteiger partial charge in [-0.25, -0.2) is 9.37 Å². The molecule has 152 valence electrons. The van der Waals surface area contributed by atoms with Gasteiger partial charge in [-0.05, 0) is 35.9 Å². The highest BCUT2D eigenvalue weighted by Crippen LogP contribution is 2.44. The monoisotopic (exact) mass is 431 g/mol. The Labute approximate surface area is 179 Å². The molecular weight excluding hydrogens is 417 g/mol. The van der Waals surface area contributed by atoms with Crippen LogP contribution in [-0.4, -0.2) is 26.8 Å². The Morgan fingerprint density at radius 2 is 1.77 bits per heavy atom. The highest BCUT2D eigenvalue weighted by atomic mass is 32.1. The Balaban J connectivity index is 1.73. The van der Waals surface area contributed by atoms with Crippen molar-refractivity contribution in [3.8, 4) is 0 Å². The molecule has 1 N–H and O–H groups in total. The first-order valence-electron chi connectivity index (χ1n) is 9.37. The standard InChI is InChI=1S/C23H14FN3O3S/c24-15-6-7-16-17(12-15)31-23(26-16)27-19(13-8-10-25-11-9-13)18(21(29)22(27)30)20(28)14-4-2-1-3-5-14/h1-12,19,28H/b20-18+. The van der Waals surface area contributed by atoms with Crippen LogP contribution in [0.3, 0.4) is 0 Å². The number of nitrogens with zero attached hydrogens (tertiary/aromatic N) is 3. The van der Waals surface area contributed by atoms with Crippen molar-refractivity contribution in [1.82, 2.24) is 9.97 Å². The van der Waals surface area contributed by atoms with Crippen molar-refractivity contribution in [2.75, 3.05) is 4.90 Å². The molecule has 1 aliphatic rings. The van der Waals surface area contributed by atoms with Gasteiger partial charge in [0.15, 0.2) is 5.13 Å². The van der Waals surface area contributed by atoms with Crippen LogP contribution >= 0.6 is 11.3 Å². The van der Waals surface area contributed by atoms with Gasteiger partial charge in [0.1, 0.15) is 11.6 Å². The van der Waals surface area contributed by atoms with Crippen molar-refractivity contribution in [3.63, 3.8) is 0 Å². The SMILES string of the molecule is O=C1C(=O)N(c2nc3ccc(F)cc3s2)C(c2ccncc2)/C1=C(\O)c1ccccc1. The van der Waals surface area contributed by atoms with Crippen LogP contribution in [0.1, 0.15) is 17.2 Å². The molecule has 1 amide bonds. The molecule has 0 radical (unpaired) electrons. The average Bonchev–Trinajstić information content (AvgIpc) is 3.32. The minimum atomic E-state index is -0.895. The largest absolute Gasteiger partial charge is 0.507 e. The van der Waals surface area contributed by atoms with E-state index in [4.69, 9.17) is 0 Å². The summed E-state index contributed by atoms with van der Waals surface area (Å²) in [5, 5.41) is 11.2. The molecule has 6 nitrogen and oxygen atoms in total. The molecular formula is C23H14FN3O3S. The van der Waals surface area contributed by atoms with E-state index in [1.165, 1.54) is 23.1 Å². The third-order valence-electron chi connectivity index (χ3n) is 5.06. The van der Waals surface area contributed by atoms with E-state index in [2.05, 4.69) is 9.97 Å². The molecule has 1 aliphatic heterocycles. The molecule has 31 heavy (non-hydrogen) atoms. The summed E-state index contributed by atoms with van der Waals surface area (Å²) in [5.74, 6) is -2.30. The minimum Gasteiger partial charge on any atom is -0.507 e. The van der Waals surface area contributed by atoms with Crippen LogP contribution < -0.4 is 4.90 Å². The lowest BCUT2D eigenvalue weighted by molar-refractivity contribution is -0.132. The summed E-state index contributed by atoms with van der Waals surface area (Å²) < 4.78 is 14.2. The van der Waals surface area contributed by atoms with Gasteiger partial charge in [0.05, 0.1) is 21.8 Å². The fraction of sp³-hybridized carbons (Fsp3) is 0.0435. The number of carbonyl (C=O) groups excluding carboxylic acids is 2. The van der Waals surface area contributed by atoms with E-state index in [0.29, 0.717) is 21.3 Å². The Bertz CT molecular complexity index is 1350. The van der Waals surface area contributed by atoms with E-state index in [1.807, 2.05) is 0 Å². The van der Waals surface area contributed by atoms with Crippen LogP contribution in [0.4, 0.5) is 9.52 Å². The van der Waals surface area contributed by atoms with Crippen LogP contribution in [0, 0.1) is 5.82 Å². The van der Waals surface area contributed by atoms with E-state index in [-0.39, 0.29) is 16.5 Å². The number of thiazole rings is 1. The number of aliphatic hydroxyl groups excluding tert-OH is 1. The number of halogens is 1. The zero-order valence-corrected chi connectivity index (χ0v) is 16.7. The fourth-order valence-corrected chi connectivity index (χ4v) is 4.65. The summed E-state index contributed by atoms with van der Waals surface area (Å²) in [5.41, 5.74) is 1.50. The lowest BCUT2D eigenvalue weighted by atomic mass is 9.96. The predicted octanol–water partition coefficient (Wildman–Crippen LogP) is 4.46. The van der Waals surface area contributed by atoms with Crippen molar-refractivity contribution in [3.05, 3.63) is 95.6 Å². The fourth-order valence-electron chi connectivity index (χ4n) is 3.63. The summed E-state index contributed by atoms with van der Waals surface area (Å²) in [7, 11) is 0. The predicted molar refractivity (Wildman–Crippen MR) is 115 cm³/mol. The summed E-state index contributed by atoms with van der Waals surface area (Å²) in [4.78, 5) is 35.8. The summed E-state index contributed by atoms with van der Waals surface area (Å²) in [6.07, 6.45) is 3.09. The van der Waals surface area contributed by atoms with Gasteiger partial charge in [0.25, 0.3) is 5.78 Å². The smallest absolute Gasteiger partial charge is 0.301 e. The van der Waals surface area contributed by atoms with Crippen LogP contribution in [0.25, 0.3) is 16.0 Å². The van der Waals surface area contributed by atoms with Crippen LogP contribution in [0.2, 0.25) is 0 Å². The molecule has 0 bridgehead atoms. The number of ketones is 1.